The number of piperazine rings is 1. The van der Waals surface area contributed by atoms with Gasteiger partial charge in [-0.05, 0) is 57.2 Å². The maximum Gasteiger partial charge on any atom is 0.229 e. The molecule has 3 aliphatic rings. The van der Waals surface area contributed by atoms with Crippen molar-refractivity contribution in [2.45, 2.75) is 38.3 Å². The van der Waals surface area contributed by atoms with Gasteiger partial charge in [0.15, 0.2) is 17.4 Å². The highest BCUT2D eigenvalue weighted by atomic mass is 32.2. The number of fused-ring (bicyclic) bond motifs is 1. The molecule has 1 aliphatic carbocycles. The van der Waals surface area contributed by atoms with Crippen molar-refractivity contribution >= 4 is 35.1 Å². The summed E-state index contributed by atoms with van der Waals surface area (Å²) in [6.07, 6.45) is 6.99. The molecule has 8 nitrogen and oxygen atoms in total. The second-order valence-corrected chi connectivity index (χ2v) is 11.2. The molecule has 1 saturated heterocycles. The third-order valence-electron chi connectivity index (χ3n) is 7.49. The van der Waals surface area contributed by atoms with Crippen LogP contribution in [0.15, 0.2) is 36.7 Å². The zero-order valence-corrected chi connectivity index (χ0v) is 22.6. The monoisotopic (exact) mass is 539 g/mol. The second-order valence-electron chi connectivity index (χ2n) is 10.3. The van der Waals surface area contributed by atoms with Crippen molar-refractivity contribution in [1.29, 1.82) is 0 Å². The van der Waals surface area contributed by atoms with Gasteiger partial charge in [-0.3, -0.25) is 0 Å². The van der Waals surface area contributed by atoms with E-state index in [1.54, 1.807) is 18.0 Å². The summed E-state index contributed by atoms with van der Waals surface area (Å²) >= 11 is 1.77. The summed E-state index contributed by atoms with van der Waals surface area (Å²) in [6, 6.07) is 7.05. The van der Waals surface area contributed by atoms with Crippen molar-refractivity contribution in [1.82, 2.24) is 19.3 Å². The molecular formula is C27H31F2N7OS. The van der Waals surface area contributed by atoms with Gasteiger partial charge >= 0.3 is 0 Å². The molecule has 6 rings (SSSR count). The summed E-state index contributed by atoms with van der Waals surface area (Å²) in [4.78, 5) is 17.5. The third kappa shape index (κ3) is 4.62. The molecule has 0 bridgehead atoms. The number of aromatic nitrogens is 3. The molecule has 0 atom stereocenters. The van der Waals surface area contributed by atoms with Crippen LogP contribution in [-0.2, 0) is 0 Å². The number of pyridine rings is 1. The van der Waals surface area contributed by atoms with Gasteiger partial charge in [-0.15, -0.1) is 0 Å². The summed E-state index contributed by atoms with van der Waals surface area (Å²) in [5.74, 6) is -0.213. The Kier molecular flexibility index (Phi) is 6.51. The first-order chi connectivity index (χ1) is 18.4. The van der Waals surface area contributed by atoms with Gasteiger partial charge in [-0.1, -0.05) is 11.9 Å². The minimum Gasteiger partial charge on any atom is -0.486 e. The van der Waals surface area contributed by atoms with Crippen LogP contribution >= 0.6 is 11.9 Å². The van der Waals surface area contributed by atoms with Crippen molar-refractivity contribution < 1.29 is 13.5 Å². The highest BCUT2D eigenvalue weighted by Gasteiger charge is 2.53. The number of hydrogen-bond acceptors (Lipinski definition) is 9. The van der Waals surface area contributed by atoms with Crippen LogP contribution < -0.4 is 19.9 Å². The van der Waals surface area contributed by atoms with E-state index >= 15 is 4.39 Å². The lowest BCUT2D eigenvalue weighted by Crippen LogP contribution is -2.49. The average molecular weight is 540 g/mol. The van der Waals surface area contributed by atoms with Gasteiger partial charge < -0.3 is 19.9 Å². The van der Waals surface area contributed by atoms with Gasteiger partial charge in [0.2, 0.25) is 5.95 Å². The summed E-state index contributed by atoms with van der Waals surface area (Å²) < 4.78 is 38.3. The lowest BCUT2D eigenvalue weighted by atomic mass is 10.0. The van der Waals surface area contributed by atoms with Gasteiger partial charge in [0.25, 0.3) is 0 Å². The summed E-state index contributed by atoms with van der Waals surface area (Å²) in [7, 11) is 0. The standard InChI is InChI=1S/C27H31F2N7OS/c1-17(2)36-22-13-18(12-20(28)25(22)37-16-27(36)6-7-27)24-21(29)15-31-26(33-24)32-23-5-4-19(14-30-23)34-8-10-35(38-3)11-9-34/h4-5,12-15,17H,6-11,16H2,1-3H3,(H,30,31,32,33). The summed E-state index contributed by atoms with van der Waals surface area (Å²) in [6.45, 7) is 8.50. The van der Waals surface area contributed by atoms with Crippen LogP contribution in [0, 0.1) is 11.6 Å². The minimum absolute atomic E-state index is 0.0200. The Morgan fingerprint density at radius 1 is 1.03 bits per heavy atom. The molecule has 0 unspecified atom stereocenters. The van der Waals surface area contributed by atoms with E-state index in [4.69, 9.17) is 4.74 Å². The topological polar surface area (TPSA) is 69.7 Å². The van der Waals surface area contributed by atoms with Crippen LogP contribution in [-0.4, -0.2) is 69.9 Å². The molecule has 1 spiro atoms. The first-order valence-electron chi connectivity index (χ1n) is 12.9. The molecule has 200 valence electrons. The molecule has 11 heteroatoms. The predicted molar refractivity (Wildman–Crippen MR) is 147 cm³/mol. The van der Waals surface area contributed by atoms with E-state index in [2.05, 4.69) is 54.5 Å². The fourth-order valence-corrected chi connectivity index (χ4v) is 5.97. The Morgan fingerprint density at radius 2 is 1.82 bits per heavy atom. The first-order valence-corrected chi connectivity index (χ1v) is 14.1. The molecule has 0 amide bonds. The minimum atomic E-state index is -0.628. The molecule has 2 aromatic heterocycles. The smallest absolute Gasteiger partial charge is 0.229 e. The number of nitrogens with zero attached hydrogens (tertiary/aromatic N) is 6. The molecule has 3 aromatic rings. The highest BCUT2D eigenvalue weighted by molar-refractivity contribution is 7.96. The molecule has 1 N–H and O–H groups in total. The molecule has 2 fully saturated rings. The number of benzene rings is 1. The predicted octanol–water partition coefficient (Wildman–Crippen LogP) is 5.10. The zero-order chi connectivity index (χ0) is 26.4. The van der Waals surface area contributed by atoms with E-state index < -0.39 is 11.6 Å². The number of hydrogen-bond donors (Lipinski definition) is 1. The molecule has 1 saturated carbocycles. The Labute approximate surface area is 225 Å². The average Bonchev–Trinajstić information content (AvgIpc) is 3.69. The van der Waals surface area contributed by atoms with E-state index in [0.717, 1.165) is 50.9 Å². The summed E-state index contributed by atoms with van der Waals surface area (Å²) in [5, 5.41) is 3.06. The number of anilines is 4. The number of rotatable bonds is 6. The van der Waals surface area contributed by atoms with Gasteiger partial charge in [0.05, 0.1) is 29.3 Å². The second kappa shape index (κ2) is 9.85. The first kappa shape index (κ1) is 25.1. The van der Waals surface area contributed by atoms with E-state index in [0.29, 0.717) is 23.7 Å². The van der Waals surface area contributed by atoms with Gasteiger partial charge in [-0.2, -0.15) is 0 Å². The lowest BCUT2D eigenvalue weighted by molar-refractivity contribution is 0.234. The van der Waals surface area contributed by atoms with Crippen LogP contribution in [0.5, 0.6) is 5.75 Å². The van der Waals surface area contributed by atoms with Crippen LogP contribution in [0.3, 0.4) is 0 Å². The molecular weight excluding hydrogens is 508 g/mol. The zero-order valence-electron chi connectivity index (χ0n) is 21.7. The lowest BCUT2D eigenvalue weighted by Gasteiger charge is -2.42. The van der Waals surface area contributed by atoms with Crippen LogP contribution in [0.4, 0.5) is 31.9 Å². The van der Waals surface area contributed by atoms with Crippen molar-refractivity contribution in [3.8, 4) is 17.0 Å². The molecule has 1 aromatic carbocycles. The number of nitrogens with one attached hydrogen (secondary N) is 1. The fraction of sp³-hybridized carbons (Fsp3) is 0.444. The molecule has 2 aliphatic heterocycles. The van der Waals surface area contributed by atoms with Gasteiger partial charge in [0, 0.05) is 37.8 Å². The van der Waals surface area contributed by atoms with Crippen LogP contribution in [0.1, 0.15) is 26.7 Å². The Bertz CT molecular complexity index is 1330. The van der Waals surface area contributed by atoms with E-state index in [1.165, 1.54) is 6.07 Å². The molecule has 38 heavy (non-hydrogen) atoms. The van der Waals surface area contributed by atoms with Crippen LogP contribution in [0.2, 0.25) is 0 Å². The van der Waals surface area contributed by atoms with Crippen molar-refractivity contribution in [2.75, 3.05) is 54.2 Å². The Morgan fingerprint density at radius 3 is 2.47 bits per heavy atom. The number of halogens is 2. The normalized spacial score (nSPS) is 18.5. The quantitative estimate of drug-likeness (QED) is 0.431. The third-order valence-corrected chi connectivity index (χ3v) is 8.37. The SMILES string of the molecule is CSN1CCN(c2ccc(Nc3ncc(F)c(-c4cc(F)c5c(c4)N(C(C)C)C4(CC4)CO5)n3)nc2)CC1. The van der Waals surface area contributed by atoms with Crippen molar-refractivity contribution in [3.63, 3.8) is 0 Å². The molecule has 4 heterocycles. The van der Waals surface area contributed by atoms with Crippen LogP contribution in [0.25, 0.3) is 11.3 Å². The largest absolute Gasteiger partial charge is 0.486 e. The molecule has 0 radical (unpaired) electrons. The summed E-state index contributed by atoms with van der Waals surface area (Å²) in [5.41, 5.74) is 1.94. The van der Waals surface area contributed by atoms with E-state index in [1.807, 2.05) is 18.3 Å². The Hall–Kier alpha value is -3.18. The van der Waals surface area contributed by atoms with Crippen molar-refractivity contribution in [2.24, 2.45) is 0 Å². The van der Waals surface area contributed by atoms with E-state index in [9.17, 15) is 4.39 Å². The highest BCUT2D eigenvalue weighted by Crippen LogP contribution is 2.52. The maximum absolute atomic E-state index is 15.2. The van der Waals surface area contributed by atoms with E-state index in [-0.39, 0.29) is 29.0 Å². The van der Waals surface area contributed by atoms with Crippen molar-refractivity contribution in [3.05, 3.63) is 48.3 Å². The maximum atomic E-state index is 15.2. The van der Waals surface area contributed by atoms with Gasteiger partial charge in [0.1, 0.15) is 18.1 Å². The Balaban J connectivity index is 1.24. The van der Waals surface area contributed by atoms with Gasteiger partial charge in [-0.25, -0.2) is 28.0 Å². The fourth-order valence-electron chi connectivity index (χ4n) is 5.44. The number of ether oxygens (including phenoxy) is 1.